The maximum atomic E-state index is 11.8. The van der Waals surface area contributed by atoms with Gasteiger partial charge in [0, 0.05) is 38.2 Å². The molecule has 0 atom stereocenters. The van der Waals surface area contributed by atoms with Crippen LogP contribution in [0.1, 0.15) is 31.2 Å². The highest BCUT2D eigenvalue weighted by Crippen LogP contribution is 2.21. The maximum absolute atomic E-state index is 11.8. The Hall–Kier alpha value is -2.77. The number of hydrogen-bond acceptors (Lipinski definition) is 5. The molecule has 1 aromatic carbocycles. The van der Waals surface area contributed by atoms with Gasteiger partial charge in [-0.15, -0.1) is 5.10 Å². The molecule has 2 aromatic rings. The van der Waals surface area contributed by atoms with Gasteiger partial charge >= 0.3 is 0 Å². The van der Waals surface area contributed by atoms with Crippen molar-refractivity contribution >= 4 is 17.5 Å². The zero-order valence-electron chi connectivity index (χ0n) is 13.4. The number of hydrogen-bond donors (Lipinski definition) is 1. The Kier molecular flexibility index (Phi) is 5.15. The van der Waals surface area contributed by atoms with Gasteiger partial charge in [0.15, 0.2) is 0 Å². The second kappa shape index (κ2) is 7.67. The van der Waals surface area contributed by atoms with Gasteiger partial charge in [-0.1, -0.05) is 12.1 Å². The van der Waals surface area contributed by atoms with Crippen LogP contribution in [0.4, 0.5) is 5.69 Å². The Morgan fingerprint density at radius 1 is 1.25 bits per heavy atom. The van der Waals surface area contributed by atoms with E-state index < -0.39 is 0 Å². The molecular weight excluding hydrogens is 308 g/mol. The molecule has 0 radical (unpaired) electrons. The molecule has 1 N–H and O–H groups in total. The van der Waals surface area contributed by atoms with E-state index in [4.69, 9.17) is 0 Å². The highest BCUT2D eigenvalue weighted by molar-refractivity contribution is 5.95. The number of carbonyl (C=O) groups is 2. The predicted octanol–water partition coefficient (Wildman–Crippen LogP) is 0.896. The van der Waals surface area contributed by atoms with Crippen LogP contribution in [0, 0.1) is 0 Å². The van der Waals surface area contributed by atoms with Gasteiger partial charge < -0.3 is 10.2 Å². The molecule has 8 nitrogen and oxygen atoms in total. The summed E-state index contributed by atoms with van der Waals surface area (Å²) in [5.74, 6) is 0.181. The molecule has 1 saturated heterocycles. The van der Waals surface area contributed by atoms with Gasteiger partial charge in [0.05, 0.1) is 0 Å². The zero-order valence-corrected chi connectivity index (χ0v) is 13.4. The average Bonchev–Trinajstić information content (AvgIpc) is 3.25. The lowest BCUT2D eigenvalue weighted by Crippen LogP contribution is -2.24. The molecule has 1 fully saturated rings. The predicted molar refractivity (Wildman–Crippen MR) is 86.9 cm³/mol. The van der Waals surface area contributed by atoms with E-state index in [1.165, 1.54) is 6.33 Å². The van der Waals surface area contributed by atoms with Crippen LogP contribution >= 0.6 is 0 Å². The third-order valence-corrected chi connectivity index (χ3v) is 3.99. The molecule has 8 heteroatoms. The number of anilines is 1. The van der Waals surface area contributed by atoms with Crippen molar-refractivity contribution in [2.24, 2.45) is 0 Å². The smallest absolute Gasteiger partial charge is 0.227 e. The second-order valence-corrected chi connectivity index (χ2v) is 5.77. The summed E-state index contributed by atoms with van der Waals surface area (Å²) in [5.41, 5.74) is 1.94. The van der Waals surface area contributed by atoms with Crippen LogP contribution < -0.4 is 10.2 Å². The van der Waals surface area contributed by atoms with E-state index in [1.807, 2.05) is 24.3 Å². The lowest BCUT2D eigenvalue weighted by molar-refractivity contribution is -0.121. The topological polar surface area (TPSA) is 93.0 Å². The highest BCUT2D eigenvalue weighted by atomic mass is 16.2. The van der Waals surface area contributed by atoms with E-state index in [2.05, 4.69) is 20.8 Å². The van der Waals surface area contributed by atoms with E-state index in [0.29, 0.717) is 32.4 Å². The first-order chi connectivity index (χ1) is 11.7. The van der Waals surface area contributed by atoms with Crippen molar-refractivity contribution in [2.75, 3.05) is 11.4 Å². The summed E-state index contributed by atoms with van der Waals surface area (Å²) in [6, 6.07) is 7.76. The first-order valence-corrected chi connectivity index (χ1v) is 8.09. The Balaban J connectivity index is 1.41. The van der Waals surface area contributed by atoms with Crippen molar-refractivity contribution in [3.05, 3.63) is 36.2 Å². The molecule has 2 amide bonds. The third kappa shape index (κ3) is 4.15. The molecule has 24 heavy (non-hydrogen) atoms. The summed E-state index contributed by atoms with van der Waals surface area (Å²) in [4.78, 5) is 25.4. The van der Waals surface area contributed by atoms with Crippen molar-refractivity contribution in [3.8, 4) is 0 Å². The van der Waals surface area contributed by atoms with Crippen molar-refractivity contribution in [3.63, 3.8) is 0 Å². The molecule has 2 heterocycles. The van der Waals surface area contributed by atoms with Gasteiger partial charge in [-0.2, -0.15) is 0 Å². The van der Waals surface area contributed by atoms with Crippen molar-refractivity contribution in [1.82, 2.24) is 25.5 Å². The lowest BCUT2D eigenvalue weighted by Gasteiger charge is -2.16. The molecule has 1 aliphatic heterocycles. The summed E-state index contributed by atoms with van der Waals surface area (Å²) in [7, 11) is 0. The number of aromatic nitrogens is 4. The van der Waals surface area contributed by atoms with Gasteiger partial charge in [-0.25, -0.2) is 4.68 Å². The standard InChI is InChI=1S/C16H20N6O2/c23-15(3-1-9-21-12-18-19-20-21)17-11-13-5-7-14(8-6-13)22-10-2-4-16(22)24/h5-8,12H,1-4,9-11H2,(H,17,23). The molecule has 0 bridgehead atoms. The van der Waals surface area contributed by atoms with Gasteiger partial charge in [0.2, 0.25) is 11.8 Å². The summed E-state index contributed by atoms with van der Waals surface area (Å²) < 4.78 is 1.60. The normalized spacial score (nSPS) is 14.2. The number of tetrazole rings is 1. The fraction of sp³-hybridized carbons (Fsp3) is 0.438. The van der Waals surface area contributed by atoms with Gasteiger partial charge in [-0.3, -0.25) is 9.59 Å². The van der Waals surface area contributed by atoms with Crippen LogP contribution in [0.2, 0.25) is 0 Å². The van der Waals surface area contributed by atoms with Crippen molar-refractivity contribution in [1.29, 1.82) is 0 Å². The molecule has 3 rings (SSSR count). The quantitative estimate of drug-likeness (QED) is 0.815. The monoisotopic (exact) mass is 328 g/mol. The Labute approximate surface area is 139 Å². The minimum Gasteiger partial charge on any atom is -0.352 e. The van der Waals surface area contributed by atoms with E-state index in [-0.39, 0.29) is 11.8 Å². The SMILES string of the molecule is O=C(CCCn1cnnn1)NCc1ccc(N2CCCC2=O)cc1. The summed E-state index contributed by atoms with van der Waals surface area (Å²) in [6.45, 7) is 1.90. The number of rotatable bonds is 7. The van der Waals surface area contributed by atoms with Crippen LogP contribution in [0.5, 0.6) is 0 Å². The minimum absolute atomic E-state index is 0.00173. The first-order valence-electron chi connectivity index (χ1n) is 8.09. The summed E-state index contributed by atoms with van der Waals surface area (Å²) in [6.07, 6.45) is 4.20. The number of benzene rings is 1. The molecule has 0 unspecified atom stereocenters. The Bertz CT molecular complexity index is 683. The van der Waals surface area contributed by atoms with Crippen LogP contribution in [0.25, 0.3) is 0 Å². The van der Waals surface area contributed by atoms with Crippen molar-refractivity contribution in [2.45, 2.75) is 38.8 Å². The van der Waals surface area contributed by atoms with Crippen LogP contribution in [-0.2, 0) is 22.7 Å². The number of carbonyl (C=O) groups excluding carboxylic acids is 2. The summed E-state index contributed by atoms with van der Waals surface area (Å²) >= 11 is 0. The molecule has 0 aliphatic carbocycles. The molecule has 1 aliphatic rings. The number of amides is 2. The van der Waals surface area contributed by atoms with E-state index in [9.17, 15) is 9.59 Å². The third-order valence-electron chi connectivity index (χ3n) is 3.99. The van der Waals surface area contributed by atoms with Crippen LogP contribution in [-0.4, -0.2) is 38.6 Å². The van der Waals surface area contributed by atoms with E-state index >= 15 is 0 Å². The van der Waals surface area contributed by atoms with Crippen LogP contribution in [0.15, 0.2) is 30.6 Å². The van der Waals surface area contributed by atoms with Crippen LogP contribution in [0.3, 0.4) is 0 Å². The molecule has 0 saturated carbocycles. The van der Waals surface area contributed by atoms with E-state index in [0.717, 1.165) is 24.2 Å². The number of nitrogens with zero attached hydrogens (tertiary/aromatic N) is 5. The Morgan fingerprint density at radius 2 is 2.08 bits per heavy atom. The fourth-order valence-corrected chi connectivity index (χ4v) is 2.69. The average molecular weight is 328 g/mol. The minimum atomic E-state index is 0.00173. The van der Waals surface area contributed by atoms with Gasteiger partial charge in [0.25, 0.3) is 0 Å². The Morgan fingerprint density at radius 3 is 2.75 bits per heavy atom. The molecule has 1 aromatic heterocycles. The largest absolute Gasteiger partial charge is 0.352 e. The van der Waals surface area contributed by atoms with Crippen molar-refractivity contribution < 1.29 is 9.59 Å². The van der Waals surface area contributed by atoms with Gasteiger partial charge in [-0.05, 0) is 41.0 Å². The number of nitrogens with one attached hydrogen (secondary N) is 1. The van der Waals surface area contributed by atoms with Gasteiger partial charge in [0.1, 0.15) is 6.33 Å². The summed E-state index contributed by atoms with van der Waals surface area (Å²) in [5, 5.41) is 13.7. The molecule has 0 spiro atoms. The molecular formula is C16H20N6O2. The second-order valence-electron chi connectivity index (χ2n) is 5.77. The zero-order chi connectivity index (χ0) is 16.8. The first kappa shape index (κ1) is 16.1. The van der Waals surface area contributed by atoms with E-state index in [1.54, 1.807) is 9.58 Å². The maximum Gasteiger partial charge on any atom is 0.227 e. The lowest BCUT2D eigenvalue weighted by atomic mass is 10.2. The highest BCUT2D eigenvalue weighted by Gasteiger charge is 2.21. The number of aryl methyl sites for hydroxylation is 1. The fourth-order valence-electron chi connectivity index (χ4n) is 2.69. The molecule has 126 valence electrons.